The van der Waals surface area contributed by atoms with Gasteiger partial charge in [-0.3, -0.25) is 0 Å². The Balaban J connectivity index is 1.75. The van der Waals surface area contributed by atoms with E-state index in [1.54, 1.807) is 6.26 Å². The number of aliphatic hydroxyl groups excluding tert-OH is 1. The second-order valence-corrected chi connectivity index (χ2v) is 5.77. The van der Waals surface area contributed by atoms with Crippen LogP contribution in [0.25, 0.3) is 0 Å². The molecule has 2 rings (SSSR count). The van der Waals surface area contributed by atoms with Gasteiger partial charge in [-0.1, -0.05) is 19.3 Å². The average Bonchev–Trinajstić information content (AvgIpc) is 2.95. The van der Waals surface area contributed by atoms with E-state index >= 15 is 0 Å². The van der Waals surface area contributed by atoms with Crippen LogP contribution >= 0.6 is 0 Å². The lowest BCUT2D eigenvalue weighted by Crippen LogP contribution is -2.43. The van der Waals surface area contributed by atoms with Gasteiger partial charge in [0.15, 0.2) is 0 Å². The summed E-state index contributed by atoms with van der Waals surface area (Å²) in [6.07, 6.45) is 8.15. The van der Waals surface area contributed by atoms with Crippen LogP contribution in [-0.2, 0) is 6.42 Å². The van der Waals surface area contributed by atoms with Gasteiger partial charge in [0, 0.05) is 38.6 Å². The molecule has 0 bridgehead atoms. The van der Waals surface area contributed by atoms with Gasteiger partial charge in [-0.2, -0.15) is 0 Å². The van der Waals surface area contributed by atoms with Crippen LogP contribution in [0.2, 0.25) is 0 Å². The number of likely N-dealkylation sites (tertiary alicyclic amines) is 1. The molecule has 2 heterocycles. The van der Waals surface area contributed by atoms with E-state index in [0.29, 0.717) is 13.0 Å². The summed E-state index contributed by atoms with van der Waals surface area (Å²) in [7, 11) is 0. The minimum absolute atomic E-state index is 0.00476. The van der Waals surface area contributed by atoms with E-state index in [4.69, 9.17) is 4.42 Å². The van der Waals surface area contributed by atoms with E-state index in [1.165, 1.54) is 19.3 Å². The molecule has 0 spiro atoms. The second-order valence-electron chi connectivity index (χ2n) is 5.77. The molecule has 5 nitrogen and oxygen atoms in total. The number of furan rings is 1. The predicted molar refractivity (Wildman–Crippen MR) is 81.0 cm³/mol. The Morgan fingerprint density at radius 3 is 2.62 bits per heavy atom. The van der Waals surface area contributed by atoms with Gasteiger partial charge in [0.25, 0.3) is 0 Å². The molecule has 0 aliphatic carbocycles. The van der Waals surface area contributed by atoms with E-state index < -0.39 is 0 Å². The van der Waals surface area contributed by atoms with Crippen molar-refractivity contribution in [2.45, 2.75) is 38.5 Å². The first-order valence-electron chi connectivity index (χ1n) is 7.95. The minimum atomic E-state index is -0.00482. The molecular formula is C16H26N2O3. The molecular weight excluding hydrogens is 268 g/mol. The fourth-order valence-electron chi connectivity index (χ4n) is 2.71. The molecule has 1 aliphatic rings. The maximum atomic E-state index is 12.2. The molecule has 2 N–H and O–H groups in total. The summed E-state index contributed by atoms with van der Waals surface area (Å²) in [5, 5.41) is 12.4. The molecule has 1 atom stereocenters. The van der Waals surface area contributed by atoms with Crippen molar-refractivity contribution in [3.63, 3.8) is 0 Å². The summed E-state index contributed by atoms with van der Waals surface area (Å²) < 4.78 is 5.29. The van der Waals surface area contributed by atoms with Crippen LogP contribution in [0.5, 0.6) is 0 Å². The van der Waals surface area contributed by atoms with Crippen molar-refractivity contribution in [3.05, 3.63) is 24.2 Å². The van der Waals surface area contributed by atoms with Crippen molar-refractivity contribution in [1.82, 2.24) is 10.2 Å². The van der Waals surface area contributed by atoms with Gasteiger partial charge in [-0.05, 0) is 25.0 Å². The molecule has 1 saturated heterocycles. The molecule has 0 radical (unpaired) electrons. The fourth-order valence-corrected chi connectivity index (χ4v) is 2.71. The smallest absolute Gasteiger partial charge is 0.317 e. The van der Waals surface area contributed by atoms with Gasteiger partial charge < -0.3 is 19.7 Å². The Morgan fingerprint density at radius 2 is 2.00 bits per heavy atom. The third kappa shape index (κ3) is 5.42. The van der Waals surface area contributed by atoms with Crippen LogP contribution in [0, 0.1) is 5.92 Å². The first-order valence-corrected chi connectivity index (χ1v) is 7.95. The Kier molecular flexibility index (Phi) is 6.60. The third-order valence-electron chi connectivity index (χ3n) is 4.01. The monoisotopic (exact) mass is 294 g/mol. The van der Waals surface area contributed by atoms with Crippen molar-refractivity contribution in [1.29, 1.82) is 0 Å². The number of carbonyl (C=O) groups is 1. The summed E-state index contributed by atoms with van der Waals surface area (Å²) in [5.41, 5.74) is 0. The van der Waals surface area contributed by atoms with Crippen LogP contribution in [-0.4, -0.2) is 42.3 Å². The molecule has 1 aromatic rings. The van der Waals surface area contributed by atoms with E-state index in [-0.39, 0.29) is 18.6 Å². The lowest BCUT2D eigenvalue weighted by Gasteiger charge is -2.26. The Labute approximate surface area is 126 Å². The van der Waals surface area contributed by atoms with Crippen LogP contribution in [0.15, 0.2) is 22.8 Å². The number of nitrogens with zero attached hydrogens (tertiary/aromatic N) is 1. The Bertz CT molecular complexity index is 398. The molecule has 0 unspecified atom stereocenters. The molecule has 0 aromatic carbocycles. The summed E-state index contributed by atoms with van der Waals surface area (Å²) >= 11 is 0. The zero-order valence-corrected chi connectivity index (χ0v) is 12.6. The highest BCUT2D eigenvalue weighted by Crippen LogP contribution is 2.11. The van der Waals surface area contributed by atoms with Gasteiger partial charge in [-0.25, -0.2) is 4.79 Å². The van der Waals surface area contributed by atoms with Gasteiger partial charge in [0.05, 0.1) is 6.26 Å². The van der Waals surface area contributed by atoms with Crippen molar-refractivity contribution in [2.24, 2.45) is 5.92 Å². The number of urea groups is 1. The molecule has 0 saturated carbocycles. The molecule has 5 heteroatoms. The minimum Gasteiger partial charge on any atom is -0.469 e. The Morgan fingerprint density at radius 1 is 1.29 bits per heavy atom. The van der Waals surface area contributed by atoms with Gasteiger partial charge in [-0.15, -0.1) is 0 Å². The SMILES string of the molecule is O=C(NC[C@@H](CO)Cc1ccco1)N1CCCCCCC1. The predicted octanol–water partition coefficient (Wildman–Crippen LogP) is 2.41. The molecule has 118 valence electrons. The maximum Gasteiger partial charge on any atom is 0.317 e. The number of nitrogens with one attached hydrogen (secondary N) is 1. The molecule has 21 heavy (non-hydrogen) atoms. The number of hydrogen-bond acceptors (Lipinski definition) is 3. The van der Waals surface area contributed by atoms with Gasteiger partial charge in [0.2, 0.25) is 0 Å². The normalized spacial score (nSPS) is 17.9. The van der Waals surface area contributed by atoms with E-state index in [1.807, 2.05) is 17.0 Å². The molecule has 2 amide bonds. The summed E-state index contributed by atoms with van der Waals surface area (Å²) in [4.78, 5) is 14.1. The number of amides is 2. The zero-order valence-electron chi connectivity index (χ0n) is 12.6. The highest BCUT2D eigenvalue weighted by atomic mass is 16.3. The second kappa shape index (κ2) is 8.72. The number of aliphatic hydroxyl groups is 1. The largest absolute Gasteiger partial charge is 0.469 e. The average molecular weight is 294 g/mol. The van der Waals surface area contributed by atoms with Crippen molar-refractivity contribution >= 4 is 6.03 Å². The first kappa shape index (κ1) is 15.9. The van der Waals surface area contributed by atoms with Crippen LogP contribution in [0.4, 0.5) is 4.79 Å². The van der Waals surface area contributed by atoms with Gasteiger partial charge >= 0.3 is 6.03 Å². The fraction of sp³-hybridized carbons (Fsp3) is 0.688. The van der Waals surface area contributed by atoms with Crippen molar-refractivity contribution in [3.8, 4) is 0 Å². The Hall–Kier alpha value is -1.49. The summed E-state index contributed by atoms with van der Waals surface area (Å²) in [5.74, 6) is 0.837. The lowest BCUT2D eigenvalue weighted by molar-refractivity contribution is 0.181. The zero-order chi connectivity index (χ0) is 14.9. The van der Waals surface area contributed by atoms with Crippen LogP contribution in [0.3, 0.4) is 0 Å². The standard InChI is InChI=1S/C16H26N2O3/c19-13-14(11-15-7-6-10-21-15)12-17-16(20)18-8-4-2-1-3-5-9-18/h6-7,10,14,19H,1-5,8-9,11-13H2,(H,17,20)/t14-/m0/s1. The number of hydrogen-bond donors (Lipinski definition) is 2. The molecule has 1 aliphatic heterocycles. The highest BCUT2D eigenvalue weighted by molar-refractivity contribution is 5.74. The molecule has 1 fully saturated rings. The quantitative estimate of drug-likeness (QED) is 0.876. The number of rotatable bonds is 5. The lowest BCUT2D eigenvalue weighted by atomic mass is 10.1. The van der Waals surface area contributed by atoms with Crippen LogP contribution in [0.1, 0.15) is 37.9 Å². The summed E-state index contributed by atoms with van der Waals surface area (Å²) in [6.45, 7) is 2.20. The van der Waals surface area contributed by atoms with Crippen LogP contribution < -0.4 is 5.32 Å². The van der Waals surface area contributed by atoms with E-state index in [9.17, 15) is 9.90 Å². The highest BCUT2D eigenvalue weighted by Gasteiger charge is 2.17. The maximum absolute atomic E-state index is 12.2. The van der Waals surface area contributed by atoms with E-state index in [2.05, 4.69) is 5.32 Å². The van der Waals surface area contributed by atoms with Crippen molar-refractivity contribution < 1.29 is 14.3 Å². The first-order chi connectivity index (χ1) is 10.3. The van der Waals surface area contributed by atoms with Gasteiger partial charge in [0.1, 0.15) is 5.76 Å². The molecule has 1 aromatic heterocycles. The van der Waals surface area contributed by atoms with E-state index in [0.717, 1.165) is 31.7 Å². The number of carbonyl (C=O) groups excluding carboxylic acids is 1. The third-order valence-corrected chi connectivity index (χ3v) is 4.01. The summed E-state index contributed by atoms with van der Waals surface area (Å²) in [6, 6.07) is 3.72. The topological polar surface area (TPSA) is 65.7 Å². The van der Waals surface area contributed by atoms with Crippen molar-refractivity contribution in [2.75, 3.05) is 26.2 Å².